The van der Waals surface area contributed by atoms with Crippen LogP contribution >= 0.6 is 0 Å². The van der Waals surface area contributed by atoms with Gasteiger partial charge in [-0.05, 0) is 110 Å². The molecule has 4 rings (SSSR count). The summed E-state index contributed by atoms with van der Waals surface area (Å²) in [5, 5.41) is 0. The summed E-state index contributed by atoms with van der Waals surface area (Å²) in [5.41, 5.74) is 3.31. The fourth-order valence-electron chi connectivity index (χ4n) is 6.06. The third-order valence-electron chi connectivity index (χ3n) is 8.78. The number of esters is 1. The van der Waals surface area contributed by atoms with Crippen molar-refractivity contribution in [2.45, 2.75) is 110 Å². The van der Waals surface area contributed by atoms with Gasteiger partial charge in [0.2, 0.25) is 0 Å². The summed E-state index contributed by atoms with van der Waals surface area (Å²) < 4.78 is 17.4. The molecular formula is C39H52O4. The topological polar surface area (TPSA) is 44.8 Å². The Balaban J connectivity index is 1.11. The van der Waals surface area contributed by atoms with Gasteiger partial charge in [0.05, 0.1) is 18.8 Å². The van der Waals surface area contributed by atoms with Crippen LogP contribution in [0.25, 0.3) is 0 Å². The Labute approximate surface area is 260 Å². The molecule has 0 N–H and O–H groups in total. The Morgan fingerprint density at radius 2 is 1.21 bits per heavy atom. The smallest absolute Gasteiger partial charge is 0.343 e. The summed E-state index contributed by atoms with van der Waals surface area (Å²) in [4.78, 5) is 12.7. The quantitative estimate of drug-likeness (QED) is 0.0847. The van der Waals surface area contributed by atoms with Gasteiger partial charge in [-0.2, -0.15) is 0 Å². The molecule has 1 saturated carbocycles. The summed E-state index contributed by atoms with van der Waals surface area (Å²) >= 11 is 0. The first-order chi connectivity index (χ1) is 21.1. The molecule has 0 spiro atoms. The van der Waals surface area contributed by atoms with E-state index in [9.17, 15) is 4.79 Å². The summed E-state index contributed by atoms with van der Waals surface area (Å²) in [5.74, 6) is 3.35. The molecule has 4 nitrogen and oxygen atoms in total. The second-order valence-electron chi connectivity index (χ2n) is 12.2. The Morgan fingerprint density at radius 1 is 0.628 bits per heavy atom. The molecule has 0 heterocycles. The second kappa shape index (κ2) is 18.4. The van der Waals surface area contributed by atoms with Crippen molar-refractivity contribution < 1.29 is 19.0 Å². The van der Waals surface area contributed by atoms with Gasteiger partial charge in [-0.15, -0.1) is 0 Å². The number of rotatable bonds is 18. The van der Waals surface area contributed by atoms with Crippen molar-refractivity contribution in [3.8, 4) is 17.2 Å². The normalized spacial score (nSPS) is 16.5. The van der Waals surface area contributed by atoms with Crippen LogP contribution in [0.4, 0.5) is 0 Å². The van der Waals surface area contributed by atoms with Crippen LogP contribution in [-0.2, 0) is 6.42 Å². The second-order valence-corrected chi connectivity index (χ2v) is 12.2. The van der Waals surface area contributed by atoms with Crippen molar-refractivity contribution in [2.24, 2.45) is 5.92 Å². The van der Waals surface area contributed by atoms with Crippen LogP contribution in [0.2, 0.25) is 0 Å². The summed E-state index contributed by atoms with van der Waals surface area (Å²) in [6.07, 6.45) is 17.7. The molecule has 232 valence electrons. The predicted molar refractivity (Wildman–Crippen MR) is 177 cm³/mol. The molecule has 0 saturated heterocycles. The van der Waals surface area contributed by atoms with E-state index in [0.717, 1.165) is 30.3 Å². The van der Waals surface area contributed by atoms with E-state index in [1.165, 1.54) is 88.2 Å². The van der Waals surface area contributed by atoms with Gasteiger partial charge in [0.1, 0.15) is 17.2 Å². The lowest BCUT2D eigenvalue weighted by molar-refractivity contribution is 0.0734. The molecule has 0 amide bonds. The minimum Gasteiger partial charge on any atom is -0.493 e. The molecule has 0 unspecified atom stereocenters. The van der Waals surface area contributed by atoms with E-state index in [2.05, 4.69) is 50.2 Å². The van der Waals surface area contributed by atoms with Gasteiger partial charge >= 0.3 is 5.97 Å². The van der Waals surface area contributed by atoms with Crippen molar-refractivity contribution in [2.75, 3.05) is 13.2 Å². The van der Waals surface area contributed by atoms with Gasteiger partial charge in [-0.1, -0.05) is 83.1 Å². The Hall–Kier alpha value is -3.27. The van der Waals surface area contributed by atoms with Gasteiger partial charge < -0.3 is 14.2 Å². The highest BCUT2D eigenvalue weighted by molar-refractivity contribution is 5.91. The van der Waals surface area contributed by atoms with E-state index in [4.69, 9.17) is 14.2 Å². The first-order valence-corrected chi connectivity index (χ1v) is 16.9. The van der Waals surface area contributed by atoms with Gasteiger partial charge in [-0.25, -0.2) is 4.79 Å². The maximum atomic E-state index is 12.7. The van der Waals surface area contributed by atoms with Crippen LogP contribution in [0.1, 0.15) is 125 Å². The summed E-state index contributed by atoms with van der Waals surface area (Å²) in [7, 11) is 0. The van der Waals surface area contributed by atoms with E-state index < -0.39 is 0 Å². The van der Waals surface area contributed by atoms with Gasteiger partial charge in [0.25, 0.3) is 0 Å². The third kappa shape index (κ3) is 11.4. The molecule has 0 bridgehead atoms. The van der Waals surface area contributed by atoms with E-state index >= 15 is 0 Å². The molecule has 4 heteroatoms. The van der Waals surface area contributed by atoms with Gasteiger partial charge in [0, 0.05) is 6.42 Å². The van der Waals surface area contributed by atoms with Crippen LogP contribution in [0, 0.1) is 5.92 Å². The first kappa shape index (κ1) is 32.6. The molecule has 0 aliphatic heterocycles. The third-order valence-corrected chi connectivity index (χ3v) is 8.78. The molecule has 43 heavy (non-hydrogen) atoms. The maximum absolute atomic E-state index is 12.7. The lowest BCUT2D eigenvalue weighted by Gasteiger charge is -2.28. The van der Waals surface area contributed by atoms with Crippen LogP contribution in [0.5, 0.6) is 17.2 Å². The van der Waals surface area contributed by atoms with E-state index in [1.807, 2.05) is 24.3 Å². The monoisotopic (exact) mass is 584 g/mol. The minimum absolute atomic E-state index is 0.333. The van der Waals surface area contributed by atoms with E-state index in [-0.39, 0.29) is 5.97 Å². The summed E-state index contributed by atoms with van der Waals surface area (Å²) in [6.45, 7) is 5.69. The molecule has 3 aromatic carbocycles. The number of benzene rings is 3. The lowest BCUT2D eigenvalue weighted by atomic mass is 9.77. The Kier molecular flexibility index (Phi) is 14.0. The number of ether oxygens (including phenoxy) is 3. The van der Waals surface area contributed by atoms with Crippen molar-refractivity contribution >= 4 is 5.97 Å². The van der Waals surface area contributed by atoms with Crippen LogP contribution < -0.4 is 14.2 Å². The largest absolute Gasteiger partial charge is 0.493 e. The number of unbranched alkanes of at least 4 members (excludes halogenated alkanes) is 5. The molecule has 0 atom stereocenters. The molecular weight excluding hydrogens is 532 g/mol. The molecule has 1 aliphatic rings. The number of hydrogen-bond acceptors (Lipinski definition) is 4. The van der Waals surface area contributed by atoms with Crippen molar-refractivity contribution in [1.82, 2.24) is 0 Å². The fraction of sp³-hybridized carbons (Fsp3) is 0.513. The van der Waals surface area contributed by atoms with Crippen LogP contribution in [0.3, 0.4) is 0 Å². The zero-order chi connectivity index (χ0) is 30.1. The number of carbonyl (C=O) groups is 1. The highest BCUT2D eigenvalue weighted by Crippen LogP contribution is 2.37. The van der Waals surface area contributed by atoms with Gasteiger partial charge in [0.15, 0.2) is 0 Å². The van der Waals surface area contributed by atoms with E-state index in [0.29, 0.717) is 30.4 Å². The summed E-state index contributed by atoms with van der Waals surface area (Å²) in [6, 6.07) is 23.8. The average Bonchev–Trinajstić information content (AvgIpc) is 3.05. The average molecular weight is 585 g/mol. The number of hydrogen-bond donors (Lipinski definition) is 0. The number of carbonyl (C=O) groups excluding carboxylic acids is 1. The highest BCUT2D eigenvalue weighted by Gasteiger charge is 2.22. The molecule has 3 aromatic rings. The maximum Gasteiger partial charge on any atom is 0.343 e. The minimum atomic E-state index is -0.333. The van der Waals surface area contributed by atoms with Crippen molar-refractivity contribution in [1.29, 1.82) is 0 Å². The van der Waals surface area contributed by atoms with Crippen molar-refractivity contribution in [3.05, 3.63) is 89.5 Å². The first-order valence-electron chi connectivity index (χ1n) is 16.9. The zero-order valence-corrected chi connectivity index (χ0v) is 26.5. The molecule has 0 radical (unpaired) electrons. The SMILES string of the molecule is CCCCCCCc1ccc(OCCCOc2ccc(OC(=O)c3ccc(C4CCC(CCCC)CC4)cc3)cc2)cc1. The van der Waals surface area contributed by atoms with Gasteiger partial charge in [-0.3, -0.25) is 0 Å². The lowest BCUT2D eigenvalue weighted by Crippen LogP contribution is -2.14. The predicted octanol–water partition coefficient (Wildman–Crippen LogP) is 10.7. The standard InChI is InChI=1S/C39H52O4/c1-3-5-7-8-9-12-32-15-23-36(24-16-32)41-29-10-30-42-37-25-27-38(28-26-37)43-39(40)35-21-19-34(20-22-35)33-17-13-31(14-18-33)11-6-4-2/h15-16,19-28,31,33H,3-14,17-18,29-30H2,1-2H3. The van der Waals surface area contributed by atoms with E-state index in [1.54, 1.807) is 12.1 Å². The van der Waals surface area contributed by atoms with Crippen LogP contribution in [-0.4, -0.2) is 19.2 Å². The van der Waals surface area contributed by atoms with Crippen LogP contribution in [0.15, 0.2) is 72.8 Å². The Bertz CT molecular complexity index is 1180. The number of aryl methyl sites for hydroxylation is 1. The Morgan fingerprint density at radius 3 is 1.84 bits per heavy atom. The molecule has 1 aliphatic carbocycles. The highest BCUT2D eigenvalue weighted by atomic mass is 16.5. The molecule has 0 aromatic heterocycles. The van der Waals surface area contributed by atoms with Crippen molar-refractivity contribution in [3.63, 3.8) is 0 Å². The zero-order valence-electron chi connectivity index (χ0n) is 26.5. The fourth-order valence-corrected chi connectivity index (χ4v) is 6.06. The molecule has 1 fully saturated rings.